The van der Waals surface area contributed by atoms with Crippen molar-refractivity contribution in [1.82, 2.24) is 9.88 Å². The monoisotopic (exact) mass is 272 g/mol. The molecule has 2 atom stereocenters. The van der Waals surface area contributed by atoms with E-state index in [1.807, 2.05) is 12.3 Å². The van der Waals surface area contributed by atoms with Crippen molar-refractivity contribution in [3.8, 4) is 0 Å². The van der Waals surface area contributed by atoms with E-state index in [-0.39, 0.29) is 0 Å². The van der Waals surface area contributed by atoms with Crippen LogP contribution in [0.1, 0.15) is 50.5 Å². The van der Waals surface area contributed by atoms with E-state index >= 15 is 0 Å². The van der Waals surface area contributed by atoms with E-state index in [0.717, 1.165) is 24.4 Å². The Kier molecular flexibility index (Phi) is 4.34. The second kappa shape index (κ2) is 6.38. The van der Waals surface area contributed by atoms with Crippen molar-refractivity contribution < 1.29 is 4.79 Å². The minimum atomic E-state index is 0.352. The van der Waals surface area contributed by atoms with E-state index in [1.165, 1.54) is 38.5 Å². The summed E-state index contributed by atoms with van der Waals surface area (Å²) in [4.78, 5) is 18.8. The van der Waals surface area contributed by atoms with E-state index in [2.05, 4.69) is 16.0 Å². The molecule has 1 aliphatic carbocycles. The highest BCUT2D eigenvalue weighted by atomic mass is 16.2. The molecule has 20 heavy (non-hydrogen) atoms. The van der Waals surface area contributed by atoms with Crippen molar-refractivity contribution in [2.45, 2.75) is 57.4 Å². The van der Waals surface area contributed by atoms with Gasteiger partial charge in [0.15, 0.2) is 0 Å². The number of likely N-dealkylation sites (tertiary alicyclic amines) is 1. The number of pyridine rings is 1. The Morgan fingerprint density at radius 2 is 2.10 bits per heavy atom. The van der Waals surface area contributed by atoms with E-state index in [9.17, 15) is 4.79 Å². The average Bonchev–Trinajstić information content (AvgIpc) is 2.53. The number of amides is 1. The van der Waals surface area contributed by atoms with Crippen LogP contribution in [0.2, 0.25) is 0 Å². The molecular formula is C17H24N2O. The Hall–Kier alpha value is -1.38. The Labute approximate surface area is 121 Å². The minimum Gasteiger partial charge on any atom is -0.339 e. The van der Waals surface area contributed by atoms with Gasteiger partial charge in [0.05, 0.1) is 0 Å². The lowest BCUT2D eigenvalue weighted by atomic mass is 9.78. The van der Waals surface area contributed by atoms with Crippen LogP contribution in [0.5, 0.6) is 0 Å². The first-order valence-corrected chi connectivity index (χ1v) is 8.03. The summed E-state index contributed by atoms with van der Waals surface area (Å²) in [6.45, 7) is 0.979. The zero-order valence-corrected chi connectivity index (χ0v) is 12.1. The molecule has 2 aliphatic rings. The molecule has 1 aliphatic heterocycles. The van der Waals surface area contributed by atoms with Gasteiger partial charge < -0.3 is 4.90 Å². The van der Waals surface area contributed by atoms with Gasteiger partial charge in [-0.2, -0.15) is 0 Å². The molecule has 1 saturated heterocycles. The van der Waals surface area contributed by atoms with Crippen LogP contribution in [0, 0.1) is 5.92 Å². The van der Waals surface area contributed by atoms with Crippen molar-refractivity contribution >= 4 is 5.91 Å². The molecule has 3 nitrogen and oxygen atoms in total. The molecule has 2 fully saturated rings. The molecule has 3 rings (SSSR count). The fourth-order valence-corrected chi connectivity index (χ4v) is 3.88. The minimum absolute atomic E-state index is 0.352. The first-order chi connectivity index (χ1) is 9.84. The highest BCUT2D eigenvalue weighted by molar-refractivity contribution is 5.77. The molecule has 1 aromatic heterocycles. The molecule has 0 radical (unpaired) electrons. The van der Waals surface area contributed by atoms with E-state index in [1.54, 1.807) is 6.20 Å². The third-order valence-electron chi connectivity index (χ3n) is 4.91. The summed E-state index contributed by atoms with van der Waals surface area (Å²) in [7, 11) is 0. The summed E-state index contributed by atoms with van der Waals surface area (Å²) in [6.07, 6.45) is 12.8. The number of carbonyl (C=O) groups excluding carboxylic acids is 1. The van der Waals surface area contributed by atoms with Gasteiger partial charge in [-0.05, 0) is 49.7 Å². The Morgan fingerprint density at radius 1 is 1.25 bits per heavy atom. The molecule has 2 unspecified atom stereocenters. The predicted octanol–water partition coefficient (Wildman–Crippen LogP) is 3.20. The fourth-order valence-electron chi connectivity index (χ4n) is 3.88. The van der Waals surface area contributed by atoms with Crippen LogP contribution in [-0.4, -0.2) is 28.4 Å². The number of nitrogens with zero attached hydrogens (tertiary/aromatic N) is 2. The molecular weight excluding hydrogens is 248 g/mol. The van der Waals surface area contributed by atoms with Crippen LogP contribution >= 0.6 is 0 Å². The highest BCUT2D eigenvalue weighted by Gasteiger charge is 2.35. The van der Waals surface area contributed by atoms with Gasteiger partial charge in [0.1, 0.15) is 0 Å². The number of carbonyl (C=O) groups is 1. The van der Waals surface area contributed by atoms with Crippen molar-refractivity contribution in [1.29, 1.82) is 0 Å². The lowest BCUT2D eigenvalue weighted by Gasteiger charge is -2.44. The standard InChI is InChI=1S/C17H24N2O/c20-17(10-9-14-5-3-11-18-13-14)19-12-4-7-15-6-1-2-8-16(15)19/h3,5,11,13,15-16H,1-2,4,6-10,12H2. The maximum Gasteiger partial charge on any atom is 0.223 e. The van der Waals surface area contributed by atoms with Gasteiger partial charge in [-0.15, -0.1) is 0 Å². The number of hydrogen-bond acceptors (Lipinski definition) is 2. The summed E-state index contributed by atoms with van der Waals surface area (Å²) in [5.41, 5.74) is 1.16. The number of aryl methyl sites for hydroxylation is 1. The normalized spacial score (nSPS) is 26.1. The van der Waals surface area contributed by atoms with Crippen molar-refractivity contribution in [2.24, 2.45) is 5.92 Å². The van der Waals surface area contributed by atoms with Gasteiger partial charge in [0.2, 0.25) is 5.91 Å². The fraction of sp³-hybridized carbons (Fsp3) is 0.647. The largest absolute Gasteiger partial charge is 0.339 e. The molecule has 0 spiro atoms. The summed E-state index contributed by atoms with van der Waals surface area (Å²) >= 11 is 0. The molecule has 1 amide bonds. The number of aromatic nitrogens is 1. The second-order valence-electron chi connectivity index (χ2n) is 6.20. The van der Waals surface area contributed by atoms with Crippen LogP contribution in [0.3, 0.4) is 0 Å². The first-order valence-electron chi connectivity index (χ1n) is 8.03. The molecule has 1 saturated carbocycles. The molecule has 0 bridgehead atoms. The zero-order chi connectivity index (χ0) is 13.8. The number of hydrogen-bond donors (Lipinski definition) is 0. The molecule has 0 N–H and O–H groups in total. The topological polar surface area (TPSA) is 33.2 Å². The summed E-state index contributed by atoms with van der Waals surface area (Å²) < 4.78 is 0. The van der Waals surface area contributed by atoms with Crippen molar-refractivity contribution in [2.75, 3.05) is 6.54 Å². The quantitative estimate of drug-likeness (QED) is 0.846. The average molecular weight is 272 g/mol. The summed E-state index contributed by atoms with van der Waals surface area (Å²) in [5, 5.41) is 0. The number of rotatable bonds is 3. The second-order valence-corrected chi connectivity index (χ2v) is 6.20. The Bertz CT molecular complexity index is 444. The Morgan fingerprint density at radius 3 is 2.95 bits per heavy atom. The van der Waals surface area contributed by atoms with Crippen LogP contribution in [0.4, 0.5) is 0 Å². The van der Waals surface area contributed by atoms with Crippen LogP contribution in [-0.2, 0) is 11.2 Å². The van der Waals surface area contributed by atoms with Gasteiger partial charge in [0.25, 0.3) is 0 Å². The summed E-state index contributed by atoms with van der Waals surface area (Å²) in [5.74, 6) is 1.13. The van der Waals surface area contributed by atoms with Gasteiger partial charge in [-0.1, -0.05) is 18.9 Å². The van der Waals surface area contributed by atoms with E-state index in [0.29, 0.717) is 18.4 Å². The molecule has 0 aromatic carbocycles. The maximum atomic E-state index is 12.5. The number of piperidine rings is 1. The van der Waals surface area contributed by atoms with Gasteiger partial charge in [-0.3, -0.25) is 9.78 Å². The predicted molar refractivity (Wildman–Crippen MR) is 79.3 cm³/mol. The van der Waals surface area contributed by atoms with E-state index < -0.39 is 0 Å². The highest BCUT2D eigenvalue weighted by Crippen LogP contribution is 2.35. The third-order valence-corrected chi connectivity index (χ3v) is 4.91. The lowest BCUT2D eigenvalue weighted by Crippen LogP contribution is -2.49. The van der Waals surface area contributed by atoms with Gasteiger partial charge >= 0.3 is 0 Å². The first kappa shape index (κ1) is 13.6. The maximum absolute atomic E-state index is 12.5. The summed E-state index contributed by atoms with van der Waals surface area (Å²) in [6, 6.07) is 4.54. The van der Waals surface area contributed by atoms with Crippen molar-refractivity contribution in [3.05, 3.63) is 30.1 Å². The molecule has 3 heteroatoms. The molecule has 1 aromatic rings. The zero-order valence-electron chi connectivity index (χ0n) is 12.1. The van der Waals surface area contributed by atoms with Gasteiger partial charge in [0, 0.05) is 31.4 Å². The van der Waals surface area contributed by atoms with E-state index in [4.69, 9.17) is 0 Å². The van der Waals surface area contributed by atoms with Crippen molar-refractivity contribution in [3.63, 3.8) is 0 Å². The molecule has 108 valence electrons. The van der Waals surface area contributed by atoms with Crippen LogP contribution in [0.25, 0.3) is 0 Å². The third kappa shape index (κ3) is 3.02. The van der Waals surface area contributed by atoms with Crippen LogP contribution < -0.4 is 0 Å². The molecule has 2 heterocycles. The number of fused-ring (bicyclic) bond motifs is 1. The smallest absolute Gasteiger partial charge is 0.223 e. The Balaban J connectivity index is 1.58. The lowest BCUT2D eigenvalue weighted by molar-refractivity contribution is -0.137. The SMILES string of the molecule is O=C(CCc1cccnc1)N1CCCC2CCCCC21. The van der Waals surface area contributed by atoms with Gasteiger partial charge in [-0.25, -0.2) is 0 Å². The van der Waals surface area contributed by atoms with Crippen LogP contribution in [0.15, 0.2) is 24.5 Å².